The minimum absolute atomic E-state index is 0.192. The second kappa shape index (κ2) is 4.98. The molecule has 0 atom stereocenters. The van der Waals surface area contributed by atoms with Crippen molar-refractivity contribution in [3.63, 3.8) is 0 Å². The van der Waals surface area contributed by atoms with Crippen LogP contribution in [0, 0.1) is 5.82 Å². The van der Waals surface area contributed by atoms with Gasteiger partial charge in [-0.25, -0.2) is 9.37 Å². The Balaban J connectivity index is 2.10. The molecule has 19 heavy (non-hydrogen) atoms. The van der Waals surface area contributed by atoms with E-state index in [0.717, 1.165) is 17.9 Å². The molecule has 1 heterocycles. The van der Waals surface area contributed by atoms with Crippen LogP contribution in [0.15, 0.2) is 18.2 Å². The average molecular weight is 299 g/mol. The summed E-state index contributed by atoms with van der Waals surface area (Å²) < 4.78 is 16.4. The minimum atomic E-state index is -0.192. The van der Waals surface area contributed by atoms with E-state index in [-0.39, 0.29) is 10.6 Å². The molecule has 0 unspecified atom stereocenters. The van der Waals surface area contributed by atoms with Crippen LogP contribution in [0.1, 0.15) is 18.7 Å². The number of thioether (sulfide) groups is 1. The fourth-order valence-electron chi connectivity index (χ4n) is 2.49. The summed E-state index contributed by atoms with van der Waals surface area (Å²) in [5.41, 5.74) is 1.36. The summed E-state index contributed by atoms with van der Waals surface area (Å²) in [6, 6.07) is 5.08. The number of imidazole rings is 1. The number of benzene rings is 1. The molecule has 0 aliphatic heterocycles. The molecule has 0 amide bonds. The number of alkyl halides is 1. The number of para-hydroxylation sites is 1. The molecule has 2 aromatic rings. The number of hydrogen-bond acceptors (Lipinski definition) is 2. The van der Waals surface area contributed by atoms with Gasteiger partial charge in [-0.05, 0) is 31.2 Å². The van der Waals surface area contributed by atoms with Gasteiger partial charge >= 0.3 is 0 Å². The number of nitrogens with zero attached hydrogens (tertiary/aromatic N) is 2. The smallest absolute Gasteiger partial charge is 0.149 e. The average Bonchev–Trinajstić information content (AvgIpc) is 3.09. The van der Waals surface area contributed by atoms with E-state index in [4.69, 9.17) is 11.6 Å². The van der Waals surface area contributed by atoms with Crippen LogP contribution < -0.4 is 0 Å². The molecule has 3 rings (SSSR count). The summed E-state index contributed by atoms with van der Waals surface area (Å²) in [6.45, 7) is 0.831. The number of halogens is 2. The largest absolute Gasteiger partial charge is 0.324 e. The summed E-state index contributed by atoms with van der Waals surface area (Å²) in [5, 5.41) is 0. The van der Waals surface area contributed by atoms with Crippen LogP contribution in [-0.2, 0) is 13.0 Å². The molecule has 5 heteroatoms. The van der Waals surface area contributed by atoms with Gasteiger partial charge in [0, 0.05) is 23.6 Å². The second-order valence-corrected chi connectivity index (χ2v) is 6.70. The molecular weight excluding hydrogens is 283 g/mol. The molecule has 0 saturated heterocycles. The zero-order valence-corrected chi connectivity index (χ0v) is 12.4. The first-order valence-corrected chi connectivity index (χ1v) is 8.20. The second-order valence-electron chi connectivity index (χ2n) is 5.05. The van der Waals surface area contributed by atoms with Crippen molar-refractivity contribution in [2.45, 2.75) is 30.6 Å². The van der Waals surface area contributed by atoms with Gasteiger partial charge in [-0.15, -0.1) is 11.6 Å². The number of aryl methyl sites for hydroxylation is 1. The van der Waals surface area contributed by atoms with E-state index < -0.39 is 0 Å². The zero-order valence-electron chi connectivity index (χ0n) is 10.8. The molecule has 1 aromatic carbocycles. The third-order valence-electron chi connectivity index (χ3n) is 3.80. The van der Waals surface area contributed by atoms with Crippen LogP contribution in [0.2, 0.25) is 0 Å². The molecule has 0 spiro atoms. The topological polar surface area (TPSA) is 17.8 Å². The Morgan fingerprint density at radius 2 is 2.26 bits per heavy atom. The Morgan fingerprint density at radius 1 is 1.47 bits per heavy atom. The Hall–Kier alpha value is -0.740. The quantitative estimate of drug-likeness (QED) is 0.780. The number of fused-ring (bicyclic) bond motifs is 1. The van der Waals surface area contributed by atoms with Crippen LogP contribution in [0.5, 0.6) is 0 Å². The van der Waals surface area contributed by atoms with Crippen molar-refractivity contribution in [2.75, 3.05) is 12.1 Å². The van der Waals surface area contributed by atoms with Crippen molar-refractivity contribution in [3.8, 4) is 0 Å². The van der Waals surface area contributed by atoms with Crippen molar-refractivity contribution < 1.29 is 4.39 Å². The van der Waals surface area contributed by atoms with Gasteiger partial charge in [0.1, 0.15) is 17.2 Å². The van der Waals surface area contributed by atoms with Gasteiger partial charge in [0.05, 0.1) is 5.52 Å². The molecule has 1 aromatic heterocycles. The summed E-state index contributed by atoms with van der Waals surface area (Å²) in [6.07, 6.45) is 5.20. The molecule has 2 nitrogen and oxygen atoms in total. The van der Waals surface area contributed by atoms with E-state index in [9.17, 15) is 4.39 Å². The van der Waals surface area contributed by atoms with Gasteiger partial charge < -0.3 is 4.57 Å². The predicted molar refractivity (Wildman–Crippen MR) is 79.6 cm³/mol. The van der Waals surface area contributed by atoms with E-state index in [1.165, 1.54) is 18.9 Å². The first kappa shape index (κ1) is 13.3. The summed E-state index contributed by atoms with van der Waals surface area (Å²) in [4.78, 5) is 4.54. The van der Waals surface area contributed by atoms with E-state index in [2.05, 4.69) is 11.2 Å². The van der Waals surface area contributed by atoms with Crippen molar-refractivity contribution >= 4 is 34.4 Å². The zero-order chi connectivity index (χ0) is 13.5. The van der Waals surface area contributed by atoms with Crippen molar-refractivity contribution in [1.29, 1.82) is 0 Å². The first-order valence-electron chi connectivity index (χ1n) is 6.44. The van der Waals surface area contributed by atoms with Crippen molar-refractivity contribution in [3.05, 3.63) is 29.8 Å². The Bertz CT molecular complexity index is 607. The molecule has 1 aliphatic carbocycles. The van der Waals surface area contributed by atoms with Crippen molar-refractivity contribution in [2.24, 2.45) is 0 Å². The molecule has 102 valence electrons. The van der Waals surface area contributed by atoms with Gasteiger partial charge in [0.2, 0.25) is 0 Å². The molecule has 1 fully saturated rings. The van der Waals surface area contributed by atoms with Gasteiger partial charge in [-0.2, -0.15) is 11.8 Å². The Kier molecular flexibility index (Phi) is 3.48. The van der Waals surface area contributed by atoms with Crippen LogP contribution in [-0.4, -0.2) is 26.4 Å². The first-order chi connectivity index (χ1) is 9.19. The summed E-state index contributed by atoms with van der Waals surface area (Å²) in [7, 11) is 0. The Morgan fingerprint density at radius 3 is 2.89 bits per heavy atom. The van der Waals surface area contributed by atoms with Gasteiger partial charge in [-0.1, -0.05) is 6.07 Å². The molecular formula is C14H16ClFN2S. The van der Waals surface area contributed by atoms with E-state index >= 15 is 0 Å². The van der Waals surface area contributed by atoms with Crippen LogP contribution >= 0.6 is 23.4 Å². The lowest BCUT2D eigenvalue weighted by Gasteiger charge is -2.16. The Labute approximate surface area is 121 Å². The number of hydrogen-bond donors (Lipinski definition) is 0. The van der Waals surface area contributed by atoms with Crippen LogP contribution in [0.4, 0.5) is 4.39 Å². The molecule has 1 aliphatic rings. The van der Waals surface area contributed by atoms with E-state index in [1.807, 2.05) is 22.4 Å². The normalized spacial score (nSPS) is 17.0. The maximum atomic E-state index is 14.1. The SMILES string of the molecule is CSC1(Cn2c(CCCl)nc3cccc(F)c32)CC1. The van der Waals surface area contributed by atoms with Gasteiger partial charge in [0.25, 0.3) is 0 Å². The molecule has 0 radical (unpaired) electrons. The predicted octanol–water partition coefficient (Wildman–Crippen LogP) is 3.85. The lowest BCUT2D eigenvalue weighted by molar-refractivity contribution is 0.602. The third-order valence-corrected chi connectivity index (χ3v) is 5.39. The van der Waals surface area contributed by atoms with Crippen LogP contribution in [0.3, 0.4) is 0 Å². The standard InChI is InChI=1S/C14H16ClFN2S/c1-19-14(6-7-14)9-18-12(5-8-15)17-11-4-2-3-10(16)13(11)18/h2-4H,5-9H2,1H3. The summed E-state index contributed by atoms with van der Waals surface area (Å²) in [5.74, 6) is 1.22. The van der Waals surface area contributed by atoms with Gasteiger partial charge in [-0.3, -0.25) is 0 Å². The maximum Gasteiger partial charge on any atom is 0.149 e. The number of rotatable bonds is 5. The van der Waals surface area contributed by atoms with E-state index in [0.29, 0.717) is 17.8 Å². The lowest BCUT2D eigenvalue weighted by Crippen LogP contribution is -2.16. The monoisotopic (exact) mass is 298 g/mol. The van der Waals surface area contributed by atoms with Crippen LogP contribution in [0.25, 0.3) is 11.0 Å². The summed E-state index contributed by atoms with van der Waals surface area (Å²) >= 11 is 7.72. The highest BCUT2D eigenvalue weighted by molar-refractivity contribution is 8.00. The lowest BCUT2D eigenvalue weighted by atomic mass is 10.3. The highest BCUT2D eigenvalue weighted by atomic mass is 35.5. The minimum Gasteiger partial charge on any atom is -0.324 e. The fraction of sp³-hybridized carbons (Fsp3) is 0.500. The highest BCUT2D eigenvalue weighted by Gasteiger charge is 2.43. The third kappa shape index (κ3) is 2.36. The fourth-order valence-corrected chi connectivity index (χ4v) is 3.43. The highest BCUT2D eigenvalue weighted by Crippen LogP contribution is 2.49. The van der Waals surface area contributed by atoms with Gasteiger partial charge in [0.15, 0.2) is 0 Å². The maximum absolute atomic E-state index is 14.1. The van der Waals surface area contributed by atoms with E-state index in [1.54, 1.807) is 6.07 Å². The van der Waals surface area contributed by atoms with Crippen molar-refractivity contribution in [1.82, 2.24) is 9.55 Å². The molecule has 0 N–H and O–H groups in total. The number of aromatic nitrogens is 2. The molecule has 0 bridgehead atoms. The molecule has 1 saturated carbocycles.